The second-order valence-corrected chi connectivity index (χ2v) is 5.54. The number of nitrogens with one attached hydrogen (secondary N) is 1. The number of nitrogens with zero attached hydrogens (tertiary/aromatic N) is 4. The van der Waals surface area contributed by atoms with Crippen LogP contribution in [0.3, 0.4) is 0 Å². The summed E-state index contributed by atoms with van der Waals surface area (Å²) in [5, 5.41) is 11.2. The maximum absolute atomic E-state index is 12.6. The third-order valence-corrected chi connectivity index (χ3v) is 3.85. The minimum Gasteiger partial charge on any atom is -0.307 e. The van der Waals surface area contributed by atoms with Crippen LogP contribution < -0.4 is 10.9 Å². The van der Waals surface area contributed by atoms with Crippen molar-refractivity contribution in [1.29, 1.82) is 0 Å². The minimum atomic E-state index is -0.285. The molecule has 2 aromatic carbocycles. The highest BCUT2D eigenvalue weighted by Crippen LogP contribution is 2.11. The normalized spacial score (nSPS) is 10.6. The van der Waals surface area contributed by atoms with Gasteiger partial charge < -0.3 is 5.32 Å². The number of anilines is 1. The quantitative estimate of drug-likeness (QED) is 0.617. The van der Waals surface area contributed by atoms with Gasteiger partial charge in [-0.25, -0.2) is 4.98 Å². The minimum absolute atomic E-state index is 0.263. The number of fused-ring (bicyclic) bond motifs is 1. The lowest BCUT2D eigenvalue weighted by Gasteiger charge is -2.07. The Hall–Kier alpha value is -3.87. The van der Waals surface area contributed by atoms with Crippen LogP contribution in [-0.4, -0.2) is 25.9 Å². The first-order valence-electron chi connectivity index (χ1n) is 7.90. The number of carbonyl (C=O) groups is 1. The van der Waals surface area contributed by atoms with Gasteiger partial charge in [0.05, 0.1) is 11.1 Å². The predicted molar refractivity (Wildman–Crippen MR) is 97.3 cm³/mol. The molecule has 0 atom stereocenters. The van der Waals surface area contributed by atoms with Crippen LogP contribution in [0.2, 0.25) is 0 Å². The van der Waals surface area contributed by atoms with Crippen LogP contribution in [0, 0.1) is 0 Å². The second-order valence-electron chi connectivity index (χ2n) is 5.54. The summed E-state index contributed by atoms with van der Waals surface area (Å²) in [5.41, 5.74) is 1.25. The van der Waals surface area contributed by atoms with Crippen molar-refractivity contribution in [2.24, 2.45) is 0 Å². The first kappa shape index (κ1) is 15.6. The van der Waals surface area contributed by atoms with E-state index in [0.29, 0.717) is 28.0 Å². The molecule has 0 spiro atoms. The van der Waals surface area contributed by atoms with Crippen molar-refractivity contribution in [3.63, 3.8) is 0 Å². The van der Waals surface area contributed by atoms with Gasteiger partial charge in [0.25, 0.3) is 11.5 Å². The van der Waals surface area contributed by atoms with Crippen molar-refractivity contribution in [3.8, 4) is 5.69 Å². The van der Waals surface area contributed by atoms with E-state index in [4.69, 9.17) is 0 Å². The SMILES string of the molecule is O=C(Nc1ccccn1)c1ccc(-n2nnc3ccccc3c2=O)cc1. The van der Waals surface area contributed by atoms with E-state index in [1.807, 2.05) is 0 Å². The molecule has 0 unspecified atom stereocenters. The van der Waals surface area contributed by atoms with Crippen LogP contribution in [0.25, 0.3) is 16.6 Å². The topological polar surface area (TPSA) is 89.8 Å². The number of amides is 1. The van der Waals surface area contributed by atoms with Gasteiger partial charge in [-0.3, -0.25) is 9.59 Å². The average Bonchev–Trinajstić information content (AvgIpc) is 2.69. The molecule has 2 aromatic heterocycles. The van der Waals surface area contributed by atoms with Crippen molar-refractivity contribution >= 4 is 22.6 Å². The van der Waals surface area contributed by atoms with Gasteiger partial charge in [-0.2, -0.15) is 4.68 Å². The summed E-state index contributed by atoms with van der Waals surface area (Å²) in [6.45, 7) is 0. The molecule has 7 heteroatoms. The number of benzene rings is 2. The molecule has 0 fully saturated rings. The van der Waals surface area contributed by atoms with Crippen LogP contribution in [0.1, 0.15) is 10.4 Å². The van der Waals surface area contributed by atoms with Gasteiger partial charge in [0, 0.05) is 11.8 Å². The lowest BCUT2D eigenvalue weighted by Crippen LogP contribution is -2.22. The highest BCUT2D eigenvalue weighted by molar-refractivity contribution is 6.03. The number of rotatable bonds is 3. The molecule has 4 aromatic rings. The lowest BCUT2D eigenvalue weighted by atomic mass is 10.2. The first-order valence-corrected chi connectivity index (χ1v) is 7.90. The van der Waals surface area contributed by atoms with E-state index in [9.17, 15) is 9.59 Å². The van der Waals surface area contributed by atoms with Gasteiger partial charge in [0.15, 0.2) is 0 Å². The Morgan fingerprint density at radius 3 is 2.46 bits per heavy atom. The Bertz CT molecular complexity index is 1140. The van der Waals surface area contributed by atoms with Gasteiger partial charge in [-0.15, -0.1) is 5.10 Å². The van der Waals surface area contributed by atoms with E-state index >= 15 is 0 Å². The summed E-state index contributed by atoms with van der Waals surface area (Å²) in [5.74, 6) is 0.186. The summed E-state index contributed by atoms with van der Waals surface area (Å²) in [7, 11) is 0. The molecule has 0 saturated carbocycles. The fraction of sp³-hybridized carbons (Fsp3) is 0. The molecule has 126 valence electrons. The molecule has 0 bridgehead atoms. The van der Waals surface area contributed by atoms with Crippen molar-refractivity contribution in [1.82, 2.24) is 20.0 Å². The van der Waals surface area contributed by atoms with Crippen molar-refractivity contribution in [2.45, 2.75) is 0 Å². The van der Waals surface area contributed by atoms with Crippen molar-refractivity contribution in [2.75, 3.05) is 5.32 Å². The summed E-state index contributed by atoms with van der Waals surface area (Å²) in [6.07, 6.45) is 1.60. The highest BCUT2D eigenvalue weighted by atomic mass is 16.1. The van der Waals surface area contributed by atoms with Crippen molar-refractivity contribution in [3.05, 3.63) is 88.8 Å². The molecule has 1 amide bonds. The number of pyridine rings is 1. The molecule has 0 radical (unpaired) electrons. The van der Waals surface area contributed by atoms with Crippen molar-refractivity contribution < 1.29 is 4.79 Å². The van der Waals surface area contributed by atoms with Gasteiger partial charge in [0.1, 0.15) is 11.3 Å². The van der Waals surface area contributed by atoms with Crippen LogP contribution >= 0.6 is 0 Å². The molecule has 0 saturated heterocycles. The van der Waals surface area contributed by atoms with E-state index in [2.05, 4.69) is 20.6 Å². The Balaban J connectivity index is 1.63. The Morgan fingerprint density at radius 2 is 1.69 bits per heavy atom. The van der Waals surface area contributed by atoms with E-state index < -0.39 is 0 Å². The molecule has 0 aliphatic heterocycles. The monoisotopic (exact) mass is 343 g/mol. The zero-order valence-corrected chi connectivity index (χ0v) is 13.5. The summed E-state index contributed by atoms with van der Waals surface area (Å²) in [4.78, 5) is 28.9. The smallest absolute Gasteiger partial charge is 0.282 e. The fourth-order valence-electron chi connectivity index (χ4n) is 2.54. The van der Waals surface area contributed by atoms with Crippen LogP contribution in [-0.2, 0) is 0 Å². The zero-order chi connectivity index (χ0) is 17.9. The first-order chi connectivity index (χ1) is 12.7. The molecular weight excluding hydrogens is 330 g/mol. The largest absolute Gasteiger partial charge is 0.307 e. The molecule has 1 N–H and O–H groups in total. The Morgan fingerprint density at radius 1 is 0.923 bits per heavy atom. The second kappa shape index (κ2) is 6.56. The lowest BCUT2D eigenvalue weighted by molar-refractivity contribution is 0.102. The fourth-order valence-corrected chi connectivity index (χ4v) is 2.54. The van der Waals surface area contributed by atoms with Gasteiger partial charge >= 0.3 is 0 Å². The van der Waals surface area contributed by atoms with Crippen LogP contribution in [0.5, 0.6) is 0 Å². The van der Waals surface area contributed by atoms with Crippen LogP contribution in [0.4, 0.5) is 5.82 Å². The highest BCUT2D eigenvalue weighted by Gasteiger charge is 2.10. The van der Waals surface area contributed by atoms with E-state index in [0.717, 1.165) is 0 Å². The van der Waals surface area contributed by atoms with Gasteiger partial charge in [-0.1, -0.05) is 23.4 Å². The molecule has 2 heterocycles. The summed E-state index contributed by atoms with van der Waals surface area (Å²) in [6, 6.07) is 18.8. The number of hydrogen-bond donors (Lipinski definition) is 1. The molecule has 4 rings (SSSR count). The summed E-state index contributed by atoms with van der Waals surface area (Å²) >= 11 is 0. The standard InChI is InChI=1S/C19H13N5O2/c25-18(21-17-7-3-4-12-20-17)13-8-10-14(11-9-13)24-19(26)15-5-1-2-6-16(15)22-23-24/h1-12H,(H,20,21,25). The van der Waals surface area contributed by atoms with E-state index in [-0.39, 0.29) is 11.5 Å². The number of hydrogen-bond acceptors (Lipinski definition) is 5. The average molecular weight is 343 g/mol. The third-order valence-electron chi connectivity index (χ3n) is 3.85. The summed E-state index contributed by atoms with van der Waals surface area (Å²) < 4.78 is 1.21. The maximum Gasteiger partial charge on any atom is 0.282 e. The van der Waals surface area contributed by atoms with E-state index in [1.165, 1.54) is 4.68 Å². The predicted octanol–water partition coefficient (Wildman–Crippen LogP) is 2.43. The van der Waals surface area contributed by atoms with Crippen LogP contribution in [0.15, 0.2) is 77.7 Å². The van der Waals surface area contributed by atoms with E-state index in [1.54, 1.807) is 72.9 Å². The number of carbonyl (C=O) groups excluding carboxylic acids is 1. The Labute approximate surface area is 147 Å². The zero-order valence-electron chi connectivity index (χ0n) is 13.5. The Kier molecular flexibility index (Phi) is 3.95. The number of aromatic nitrogens is 4. The molecule has 26 heavy (non-hydrogen) atoms. The molecule has 0 aliphatic rings. The maximum atomic E-state index is 12.6. The third kappa shape index (κ3) is 2.93. The molecule has 7 nitrogen and oxygen atoms in total. The van der Waals surface area contributed by atoms with Gasteiger partial charge in [0.2, 0.25) is 0 Å². The molecular formula is C19H13N5O2. The molecule has 0 aliphatic carbocycles. The van der Waals surface area contributed by atoms with Gasteiger partial charge in [-0.05, 0) is 48.5 Å².